The number of nitrogens with zero attached hydrogens (tertiary/aromatic N) is 3. The number of anilines is 1. The molecule has 0 saturated carbocycles. The molecule has 2 atom stereocenters. The minimum absolute atomic E-state index is 0.630. The van der Waals surface area contributed by atoms with Crippen LogP contribution in [-0.4, -0.2) is 35.9 Å². The standard InChI is InChI=1S/C12H18N4/c1-9-4-5-12(15-14-9)16-6-2-3-10-7-13-8-11(10)16/h4-5,10-11,13H,2-3,6-8H2,1H3. The first-order valence-electron chi connectivity index (χ1n) is 6.12. The van der Waals surface area contributed by atoms with Gasteiger partial charge >= 0.3 is 0 Å². The molecule has 1 aromatic heterocycles. The van der Waals surface area contributed by atoms with E-state index in [1.165, 1.54) is 19.4 Å². The summed E-state index contributed by atoms with van der Waals surface area (Å²) in [7, 11) is 0. The number of piperidine rings is 1. The molecular formula is C12H18N4. The quantitative estimate of drug-likeness (QED) is 0.762. The molecule has 0 spiro atoms. The van der Waals surface area contributed by atoms with E-state index in [-0.39, 0.29) is 0 Å². The third-order valence-corrected chi connectivity index (χ3v) is 3.76. The van der Waals surface area contributed by atoms with Crippen LogP contribution in [0.5, 0.6) is 0 Å². The van der Waals surface area contributed by atoms with E-state index in [1.54, 1.807) is 0 Å². The van der Waals surface area contributed by atoms with Gasteiger partial charge in [0.2, 0.25) is 0 Å². The maximum Gasteiger partial charge on any atom is 0.151 e. The van der Waals surface area contributed by atoms with Gasteiger partial charge in [-0.25, -0.2) is 0 Å². The Bertz CT molecular complexity index is 362. The van der Waals surface area contributed by atoms with Crippen LogP contribution in [0.15, 0.2) is 12.1 Å². The Labute approximate surface area is 96.1 Å². The van der Waals surface area contributed by atoms with Gasteiger partial charge in [-0.3, -0.25) is 0 Å². The second-order valence-corrected chi connectivity index (χ2v) is 4.85. The van der Waals surface area contributed by atoms with Crippen molar-refractivity contribution in [2.45, 2.75) is 25.8 Å². The Morgan fingerprint density at radius 1 is 1.31 bits per heavy atom. The lowest BCUT2D eigenvalue weighted by Gasteiger charge is -2.37. The van der Waals surface area contributed by atoms with E-state index < -0.39 is 0 Å². The molecule has 0 aromatic carbocycles. The predicted molar refractivity (Wildman–Crippen MR) is 63.5 cm³/mol. The SMILES string of the molecule is Cc1ccc(N2CCCC3CNCC32)nn1. The van der Waals surface area contributed by atoms with Crippen molar-refractivity contribution in [1.29, 1.82) is 0 Å². The van der Waals surface area contributed by atoms with Gasteiger partial charge in [-0.15, -0.1) is 5.10 Å². The van der Waals surface area contributed by atoms with Crippen LogP contribution < -0.4 is 10.2 Å². The number of nitrogens with one attached hydrogen (secondary N) is 1. The molecule has 0 aliphatic carbocycles. The largest absolute Gasteiger partial charge is 0.351 e. The lowest BCUT2D eigenvalue weighted by atomic mass is 9.92. The van der Waals surface area contributed by atoms with Crippen LogP contribution >= 0.6 is 0 Å². The van der Waals surface area contributed by atoms with Crippen molar-refractivity contribution >= 4 is 5.82 Å². The van der Waals surface area contributed by atoms with Crippen LogP contribution in [0, 0.1) is 12.8 Å². The minimum atomic E-state index is 0.630. The summed E-state index contributed by atoms with van der Waals surface area (Å²) in [5.41, 5.74) is 0.988. The Morgan fingerprint density at radius 2 is 2.25 bits per heavy atom. The third kappa shape index (κ3) is 1.67. The van der Waals surface area contributed by atoms with Crippen molar-refractivity contribution in [1.82, 2.24) is 15.5 Å². The van der Waals surface area contributed by atoms with Gasteiger partial charge in [0.15, 0.2) is 5.82 Å². The van der Waals surface area contributed by atoms with Gasteiger partial charge in [-0.05, 0) is 37.8 Å². The molecule has 1 aromatic rings. The van der Waals surface area contributed by atoms with Gasteiger partial charge in [-0.1, -0.05) is 0 Å². The van der Waals surface area contributed by atoms with E-state index in [0.717, 1.165) is 30.5 Å². The fraction of sp³-hybridized carbons (Fsp3) is 0.667. The highest BCUT2D eigenvalue weighted by Crippen LogP contribution is 2.29. The number of aromatic nitrogens is 2. The predicted octanol–water partition coefficient (Wildman–Crippen LogP) is 0.973. The van der Waals surface area contributed by atoms with E-state index in [0.29, 0.717) is 6.04 Å². The number of fused-ring (bicyclic) bond motifs is 1. The average molecular weight is 218 g/mol. The third-order valence-electron chi connectivity index (χ3n) is 3.76. The molecular weight excluding hydrogens is 200 g/mol. The second kappa shape index (κ2) is 4.01. The molecule has 2 saturated heterocycles. The van der Waals surface area contributed by atoms with Crippen LogP contribution in [0.1, 0.15) is 18.5 Å². The number of hydrogen-bond donors (Lipinski definition) is 1. The molecule has 86 valence electrons. The molecule has 1 N–H and O–H groups in total. The first kappa shape index (κ1) is 10.0. The normalized spacial score (nSPS) is 29.2. The molecule has 3 rings (SSSR count). The van der Waals surface area contributed by atoms with Crippen molar-refractivity contribution < 1.29 is 0 Å². The Hall–Kier alpha value is -1.16. The topological polar surface area (TPSA) is 41.0 Å². The molecule has 2 aliphatic rings. The molecule has 0 amide bonds. The monoisotopic (exact) mass is 218 g/mol. The zero-order chi connectivity index (χ0) is 11.0. The molecule has 0 radical (unpaired) electrons. The van der Waals surface area contributed by atoms with Crippen LogP contribution in [0.4, 0.5) is 5.82 Å². The zero-order valence-electron chi connectivity index (χ0n) is 9.69. The van der Waals surface area contributed by atoms with Gasteiger partial charge in [-0.2, -0.15) is 5.10 Å². The van der Waals surface area contributed by atoms with E-state index in [1.807, 2.05) is 13.0 Å². The maximum atomic E-state index is 4.31. The summed E-state index contributed by atoms with van der Waals surface area (Å²) < 4.78 is 0. The van der Waals surface area contributed by atoms with Crippen molar-refractivity contribution in [2.75, 3.05) is 24.5 Å². The van der Waals surface area contributed by atoms with Crippen molar-refractivity contribution in [3.63, 3.8) is 0 Å². The summed E-state index contributed by atoms with van der Waals surface area (Å²) in [5.74, 6) is 1.85. The molecule has 3 heterocycles. The summed E-state index contributed by atoms with van der Waals surface area (Å²) in [6.07, 6.45) is 2.63. The van der Waals surface area contributed by atoms with Crippen molar-refractivity contribution in [2.24, 2.45) is 5.92 Å². The molecule has 4 heteroatoms. The van der Waals surface area contributed by atoms with Gasteiger partial charge < -0.3 is 10.2 Å². The van der Waals surface area contributed by atoms with E-state index in [9.17, 15) is 0 Å². The maximum absolute atomic E-state index is 4.31. The zero-order valence-corrected chi connectivity index (χ0v) is 9.69. The van der Waals surface area contributed by atoms with Crippen LogP contribution in [0.2, 0.25) is 0 Å². The summed E-state index contributed by atoms with van der Waals surface area (Å²) in [6, 6.07) is 4.78. The number of hydrogen-bond acceptors (Lipinski definition) is 4. The fourth-order valence-corrected chi connectivity index (χ4v) is 2.90. The highest BCUT2D eigenvalue weighted by atomic mass is 15.3. The molecule has 0 bridgehead atoms. The Morgan fingerprint density at radius 3 is 3.06 bits per heavy atom. The van der Waals surface area contributed by atoms with Gasteiger partial charge in [0.1, 0.15) is 0 Å². The number of rotatable bonds is 1. The van der Waals surface area contributed by atoms with Crippen LogP contribution in [0.3, 0.4) is 0 Å². The van der Waals surface area contributed by atoms with Gasteiger partial charge in [0, 0.05) is 25.7 Å². The first-order chi connectivity index (χ1) is 7.84. The summed E-state index contributed by atoms with van der Waals surface area (Å²) in [4.78, 5) is 2.43. The van der Waals surface area contributed by atoms with E-state index in [4.69, 9.17) is 0 Å². The first-order valence-corrected chi connectivity index (χ1v) is 6.12. The average Bonchev–Trinajstić information content (AvgIpc) is 2.78. The fourth-order valence-electron chi connectivity index (χ4n) is 2.90. The number of aryl methyl sites for hydroxylation is 1. The van der Waals surface area contributed by atoms with Crippen LogP contribution in [0.25, 0.3) is 0 Å². The smallest absolute Gasteiger partial charge is 0.151 e. The van der Waals surface area contributed by atoms with Crippen molar-refractivity contribution in [3.05, 3.63) is 17.8 Å². The van der Waals surface area contributed by atoms with E-state index >= 15 is 0 Å². The molecule has 2 unspecified atom stereocenters. The van der Waals surface area contributed by atoms with Crippen molar-refractivity contribution in [3.8, 4) is 0 Å². The lowest BCUT2D eigenvalue weighted by molar-refractivity contribution is 0.382. The highest BCUT2D eigenvalue weighted by Gasteiger charge is 2.35. The molecule has 2 fully saturated rings. The second-order valence-electron chi connectivity index (χ2n) is 4.85. The summed E-state index contributed by atoms with van der Waals surface area (Å²) in [6.45, 7) is 5.37. The Balaban J connectivity index is 1.85. The lowest BCUT2D eigenvalue weighted by Crippen LogP contribution is -2.45. The molecule has 4 nitrogen and oxygen atoms in total. The summed E-state index contributed by atoms with van der Waals surface area (Å²) in [5, 5.41) is 12.0. The van der Waals surface area contributed by atoms with E-state index in [2.05, 4.69) is 26.5 Å². The van der Waals surface area contributed by atoms with Gasteiger partial charge in [0.25, 0.3) is 0 Å². The molecule has 16 heavy (non-hydrogen) atoms. The summed E-state index contributed by atoms with van der Waals surface area (Å²) >= 11 is 0. The Kier molecular flexibility index (Phi) is 2.52. The minimum Gasteiger partial charge on any atom is -0.351 e. The molecule has 2 aliphatic heterocycles. The highest BCUT2D eigenvalue weighted by molar-refractivity contribution is 5.40. The van der Waals surface area contributed by atoms with Crippen LogP contribution in [-0.2, 0) is 0 Å². The van der Waals surface area contributed by atoms with Gasteiger partial charge in [0.05, 0.1) is 5.69 Å².